The minimum Gasteiger partial charge on any atom is -0.325 e. The lowest BCUT2D eigenvalue weighted by atomic mass is 9.93. The third kappa shape index (κ3) is 6.50. The fraction of sp³-hybridized carbons (Fsp3) is 0.581. The largest absolute Gasteiger partial charge is 0.325 e. The Hall–Kier alpha value is -2.40. The van der Waals surface area contributed by atoms with Crippen LogP contribution in [0.25, 0.3) is 11.0 Å². The van der Waals surface area contributed by atoms with Gasteiger partial charge in [-0.15, -0.1) is 0 Å². The van der Waals surface area contributed by atoms with Crippen LogP contribution in [0.2, 0.25) is 0 Å². The SMILES string of the molecule is Cc1nc2ccccc2n1[C@H]1C[C@H]2CC[C@@H](C1)N2CCC(CNS(=O)(=O)NC1CCC(F)(F)CC1)c1ccccc1. The molecule has 2 saturated heterocycles. The Labute approximate surface area is 241 Å². The van der Waals surface area contributed by atoms with Gasteiger partial charge in [-0.3, -0.25) is 4.90 Å². The monoisotopic (exact) mass is 585 g/mol. The molecule has 3 aromatic rings. The molecule has 222 valence electrons. The van der Waals surface area contributed by atoms with Gasteiger partial charge in [0.05, 0.1) is 11.0 Å². The molecule has 1 saturated carbocycles. The average Bonchev–Trinajstić information content (AvgIpc) is 3.40. The number of rotatable bonds is 10. The van der Waals surface area contributed by atoms with Crippen LogP contribution in [0.3, 0.4) is 0 Å². The number of benzene rings is 2. The van der Waals surface area contributed by atoms with Gasteiger partial charge in [-0.25, -0.2) is 18.5 Å². The molecular weight excluding hydrogens is 544 g/mol. The molecule has 2 aliphatic heterocycles. The normalized spacial score (nSPS) is 26.0. The first-order valence-electron chi connectivity index (χ1n) is 15.1. The Morgan fingerprint density at radius 1 is 0.951 bits per heavy atom. The number of aromatic nitrogens is 2. The first-order chi connectivity index (χ1) is 19.7. The summed E-state index contributed by atoms with van der Waals surface area (Å²) in [5.41, 5.74) is 3.38. The van der Waals surface area contributed by atoms with E-state index in [1.54, 1.807) is 0 Å². The van der Waals surface area contributed by atoms with Crippen LogP contribution in [0.1, 0.15) is 81.1 Å². The van der Waals surface area contributed by atoms with Gasteiger partial charge in [-0.1, -0.05) is 42.5 Å². The lowest BCUT2D eigenvalue weighted by molar-refractivity contribution is -0.0388. The van der Waals surface area contributed by atoms with E-state index in [1.165, 1.54) is 18.4 Å². The highest BCUT2D eigenvalue weighted by atomic mass is 32.2. The van der Waals surface area contributed by atoms with E-state index in [-0.39, 0.29) is 38.1 Å². The molecule has 0 amide bonds. The first-order valence-corrected chi connectivity index (χ1v) is 16.5. The van der Waals surface area contributed by atoms with Crippen molar-refractivity contribution in [1.82, 2.24) is 23.9 Å². The Morgan fingerprint density at radius 3 is 2.32 bits per heavy atom. The molecule has 2 N–H and O–H groups in total. The Bertz CT molecular complexity index is 1420. The summed E-state index contributed by atoms with van der Waals surface area (Å²) in [4.78, 5) is 7.47. The van der Waals surface area contributed by atoms with Crippen molar-refractivity contribution >= 4 is 21.2 Å². The summed E-state index contributed by atoms with van der Waals surface area (Å²) in [7, 11) is -3.80. The van der Waals surface area contributed by atoms with Crippen LogP contribution in [-0.2, 0) is 10.2 Å². The van der Waals surface area contributed by atoms with Gasteiger partial charge in [0.1, 0.15) is 5.82 Å². The molecular formula is C31H41F2N5O2S. The number of hydrogen-bond donors (Lipinski definition) is 2. The maximum atomic E-state index is 13.5. The topological polar surface area (TPSA) is 79.3 Å². The number of halogens is 2. The minimum atomic E-state index is -3.80. The molecule has 0 radical (unpaired) electrons. The second kappa shape index (κ2) is 11.7. The summed E-state index contributed by atoms with van der Waals surface area (Å²) in [5, 5.41) is 0. The van der Waals surface area contributed by atoms with Crippen LogP contribution in [0.15, 0.2) is 54.6 Å². The molecule has 3 aliphatic rings. The zero-order valence-corrected chi connectivity index (χ0v) is 24.5. The van der Waals surface area contributed by atoms with Crippen LogP contribution < -0.4 is 9.44 Å². The Balaban J connectivity index is 1.09. The van der Waals surface area contributed by atoms with E-state index >= 15 is 0 Å². The number of nitrogens with zero attached hydrogens (tertiary/aromatic N) is 3. The summed E-state index contributed by atoms with van der Waals surface area (Å²) >= 11 is 0. The third-order valence-electron chi connectivity index (χ3n) is 9.56. The van der Waals surface area contributed by atoms with Crippen molar-refractivity contribution in [3.05, 3.63) is 66.0 Å². The number of hydrogen-bond acceptors (Lipinski definition) is 4. The van der Waals surface area contributed by atoms with Gasteiger partial charge < -0.3 is 4.57 Å². The fourth-order valence-corrected chi connectivity index (χ4v) is 8.67. The van der Waals surface area contributed by atoms with Gasteiger partial charge in [-0.2, -0.15) is 13.1 Å². The second-order valence-corrected chi connectivity index (χ2v) is 13.8. The van der Waals surface area contributed by atoms with Gasteiger partial charge in [0, 0.05) is 43.6 Å². The van der Waals surface area contributed by atoms with Crippen LogP contribution in [0, 0.1) is 6.92 Å². The second-order valence-electron chi connectivity index (χ2n) is 12.3. The zero-order chi connectivity index (χ0) is 28.6. The molecule has 2 aromatic carbocycles. The van der Waals surface area contributed by atoms with Crippen molar-refractivity contribution in [2.75, 3.05) is 13.1 Å². The predicted molar refractivity (Wildman–Crippen MR) is 157 cm³/mol. The van der Waals surface area contributed by atoms with E-state index in [0.29, 0.717) is 18.1 Å². The average molecular weight is 586 g/mol. The van der Waals surface area contributed by atoms with E-state index in [2.05, 4.69) is 56.2 Å². The van der Waals surface area contributed by atoms with E-state index in [9.17, 15) is 17.2 Å². The van der Waals surface area contributed by atoms with Gasteiger partial charge in [0.2, 0.25) is 5.92 Å². The number of para-hydroxylation sites is 2. The van der Waals surface area contributed by atoms with Gasteiger partial charge >= 0.3 is 0 Å². The maximum absolute atomic E-state index is 13.5. The number of piperidine rings is 1. The van der Waals surface area contributed by atoms with E-state index in [4.69, 9.17) is 4.98 Å². The fourth-order valence-electron chi connectivity index (χ4n) is 7.49. The standard InChI is InChI=1S/C31H41F2N5O2S/c1-22-35-29-9-5-6-10-30(29)38(22)28-19-26-11-12-27(20-28)37(26)18-15-24(23-7-3-2-4-8-23)21-34-41(39,40)36-25-13-16-31(32,33)17-14-25/h2-10,24-28,34,36H,11-21H2,1H3/t24?,26-,27+,28+. The molecule has 1 aliphatic carbocycles. The molecule has 3 fully saturated rings. The molecule has 3 heterocycles. The molecule has 0 spiro atoms. The van der Waals surface area contributed by atoms with Crippen LogP contribution in [-0.4, -0.2) is 60.0 Å². The molecule has 10 heteroatoms. The predicted octanol–water partition coefficient (Wildman–Crippen LogP) is 5.69. The summed E-state index contributed by atoms with van der Waals surface area (Å²) in [5.74, 6) is -1.59. The molecule has 2 bridgehead atoms. The molecule has 4 atom stereocenters. The minimum absolute atomic E-state index is 0.0143. The van der Waals surface area contributed by atoms with Crippen LogP contribution >= 0.6 is 0 Å². The lowest BCUT2D eigenvalue weighted by Crippen LogP contribution is -2.47. The summed E-state index contributed by atoms with van der Waals surface area (Å²) in [6, 6.07) is 19.5. The highest BCUT2D eigenvalue weighted by Crippen LogP contribution is 2.43. The van der Waals surface area contributed by atoms with Crippen LogP contribution in [0.5, 0.6) is 0 Å². The third-order valence-corrected chi connectivity index (χ3v) is 10.8. The lowest BCUT2D eigenvalue weighted by Gasteiger charge is -2.40. The van der Waals surface area contributed by atoms with Crippen molar-refractivity contribution in [3.63, 3.8) is 0 Å². The highest BCUT2D eigenvalue weighted by Gasteiger charge is 2.42. The van der Waals surface area contributed by atoms with Crippen molar-refractivity contribution in [2.24, 2.45) is 0 Å². The van der Waals surface area contributed by atoms with Crippen molar-refractivity contribution in [3.8, 4) is 0 Å². The Morgan fingerprint density at radius 2 is 1.61 bits per heavy atom. The van der Waals surface area contributed by atoms with Crippen LogP contribution in [0.4, 0.5) is 8.78 Å². The summed E-state index contributed by atoms with van der Waals surface area (Å²) in [6.07, 6.45) is 5.19. The molecule has 1 aromatic heterocycles. The molecule has 41 heavy (non-hydrogen) atoms. The first kappa shape index (κ1) is 28.7. The van der Waals surface area contributed by atoms with Crippen molar-refractivity contribution < 1.29 is 17.2 Å². The van der Waals surface area contributed by atoms with E-state index in [1.807, 2.05) is 24.3 Å². The molecule has 1 unspecified atom stereocenters. The molecule has 6 rings (SSSR count). The number of alkyl halides is 2. The highest BCUT2D eigenvalue weighted by molar-refractivity contribution is 7.87. The summed E-state index contributed by atoms with van der Waals surface area (Å²) < 4.78 is 60.6. The number of aryl methyl sites for hydroxylation is 1. The maximum Gasteiger partial charge on any atom is 0.277 e. The Kier molecular flexibility index (Phi) is 8.19. The quantitative estimate of drug-likeness (QED) is 0.321. The molecule has 7 nitrogen and oxygen atoms in total. The van der Waals surface area contributed by atoms with Gasteiger partial charge in [0.15, 0.2) is 0 Å². The zero-order valence-electron chi connectivity index (χ0n) is 23.7. The van der Waals surface area contributed by atoms with Gasteiger partial charge in [-0.05, 0) is 82.0 Å². The van der Waals surface area contributed by atoms with E-state index in [0.717, 1.165) is 42.7 Å². The van der Waals surface area contributed by atoms with Crippen molar-refractivity contribution in [1.29, 1.82) is 0 Å². The number of nitrogens with one attached hydrogen (secondary N) is 2. The van der Waals surface area contributed by atoms with Crippen molar-refractivity contribution in [2.45, 2.75) is 101 Å². The number of imidazole rings is 1. The summed E-state index contributed by atoms with van der Waals surface area (Å²) in [6.45, 7) is 3.30. The van der Waals surface area contributed by atoms with Gasteiger partial charge in [0.25, 0.3) is 10.2 Å². The number of fused-ring (bicyclic) bond motifs is 3. The smallest absolute Gasteiger partial charge is 0.277 e. The van der Waals surface area contributed by atoms with E-state index < -0.39 is 22.2 Å².